The van der Waals surface area contributed by atoms with Crippen molar-refractivity contribution in [3.05, 3.63) is 17.7 Å². The van der Waals surface area contributed by atoms with Crippen molar-refractivity contribution in [3.8, 4) is 11.8 Å². The van der Waals surface area contributed by atoms with E-state index in [1.807, 2.05) is 13.8 Å². The Bertz CT molecular complexity index is 353. The van der Waals surface area contributed by atoms with Crippen molar-refractivity contribution >= 4 is 5.97 Å². The second-order valence-corrected chi connectivity index (χ2v) is 3.53. The van der Waals surface area contributed by atoms with E-state index in [1.54, 1.807) is 0 Å². The van der Waals surface area contributed by atoms with Gasteiger partial charge in [0.1, 0.15) is 0 Å². The lowest BCUT2D eigenvalue weighted by Gasteiger charge is -2.08. The summed E-state index contributed by atoms with van der Waals surface area (Å²) in [6, 6.07) is 2.80. The lowest BCUT2D eigenvalue weighted by molar-refractivity contribution is 0.0695. The number of nitrogens with zero attached hydrogens (tertiary/aromatic N) is 1. The maximum atomic E-state index is 10.9. The van der Waals surface area contributed by atoms with Crippen molar-refractivity contribution in [1.82, 2.24) is 4.98 Å². The minimum atomic E-state index is -1.02. The summed E-state index contributed by atoms with van der Waals surface area (Å²) in [6.07, 6.45) is 1.67. The van der Waals surface area contributed by atoms with Crippen LogP contribution in [0.5, 0.6) is 11.8 Å². The molecule has 0 fully saturated rings. The van der Waals surface area contributed by atoms with Crippen LogP contribution in [0.3, 0.4) is 0 Å². The maximum Gasteiger partial charge on any atom is 0.336 e. The van der Waals surface area contributed by atoms with Crippen LogP contribution in [0.4, 0.5) is 0 Å². The normalized spacial score (nSPS) is 10.0. The van der Waals surface area contributed by atoms with Crippen LogP contribution in [0.25, 0.3) is 0 Å². The number of aromatic nitrogens is 1. The molecule has 5 heteroatoms. The van der Waals surface area contributed by atoms with Crippen LogP contribution in [0.2, 0.25) is 0 Å². The molecule has 1 heterocycles. The summed E-state index contributed by atoms with van der Waals surface area (Å²) in [6.45, 7) is 4.94. The highest BCUT2D eigenvalue weighted by molar-refractivity contribution is 5.88. The van der Waals surface area contributed by atoms with Gasteiger partial charge in [0.2, 0.25) is 11.8 Å². The fraction of sp³-hybridized carbons (Fsp3) is 0.500. The molecule has 0 aliphatic heterocycles. The van der Waals surface area contributed by atoms with Crippen LogP contribution < -0.4 is 9.47 Å². The molecular formula is C12H17NO4. The molecule has 0 aliphatic rings. The van der Waals surface area contributed by atoms with Gasteiger partial charge in [0.25, 0.3) is 0 Å². The van der Waals surface area contributed by atoms with Gasteiger partial charge in [-0.2, -0.15) is 4.98 Å². The third-order valence-corrected chi connectivity index (χ3v) is 1.93. The molecule has 1 aromatic rings. The van der Waals surface area contributed by atoms with Crippen LogP contribution in [-0.2, 0) is 0 Å². The van der Waals surface area contributed by atoms with Crippen molar-refractivity contribution in [2.24, 2.45) is 0 Å². The molecule has 0 spiro atoms. The number of carboxylic acids is 1. The molecule has 1 N–H and O–H groups in total. The van der Waals surface area contributed by atoms with Crippen molar-refractivity contribution in [2.75, 3.05) is 13.2 Å². The lowest BCUT2D eigenvalue weighted by atomic mass is 10.2. The third-order valence-electron chi connectivity index (χ3n) is 1.93. The molecule has 1 rings (SSSR count). The van der Waals surface area contributed by atoms with Gasteiger partial charge in [-0.3, -0.25) is 0 Å². The monoisotopic (exact) mass is 239 g/mol. The van der Waals surface area contributed by atoms with E-state index in [1.165, 1.54) is 12.1 Å². The Morgan fingerprint density at radius 1 is 1.18 bits per heavy atom. The van der Waals surface area contributed by atoms with Crippen molar-refractivity contribution in [2.45, 2.75) is 26.7 Å². The molecular weight excluding hydrogens is 222 g/mol. The van der Waals surface area contributed by atoms with Gasteiger partial charge >= 0.3 is 5.97 Å². The summed E-state index contributed by atoms with van der Waals surface area (Å²) in [5.74, 6) is -0.439. The number of pyridine rings is 1. The summed E-state index contributed by atoms with van der Waals surface area (Å²) in [4.78, 5) is 15.0. The molecule has 0 amide bonds. The Balaban J connectivity index is 2.88. The number of aromatic carboxylic acids is 1. The second-order valence-electron chi connectivity index (χ2n) is 3.53. The van der Waals surface area contributed by atoms with E-state index in [0.29, 0.717) is 13.2 Å². The van der Waals surface area contributed by atoms with Crippen molar-refractivity contribution in [3.63, 3.8) is 0 Å². The highest BCUT2D eigenvalue weighted by Gasteiger charge is 2.10. The minimum Gasteiger partial charge on any atom is -0.478 e. The standard InChI is InChI=1S/C12H17NO4/c1-3-5-16-10-7-9(12(14)15)8-11(13-10)17-6-4-2/h7-8H,3-6H2,1-2H3,(H,14,15). The molecule has 5 nitrogen and oxygen atoms in total. The molecule has 0 radical (unpaired) electrons. The number of rotatable bonds is 7. The zero-order valence-electron chi connectivity index (χ0n) is 10.1. The van der Waals surface area contributed by atoms with Crippen LogP contribution in [-0.4, -0.2) is 29.3 Å². The molecule has 0 aromatic carbocycles. The topological polar surface area (TPSA) is 68.7 Å². The minimum absolute atomic E-state index is 0.122. The van der Waals surface area contributed by atoms with Gasteiger partial charge in [0.15, 0.2) is 0 Å². The largest absolute Gasteiger partial charge is 0.478 e. The van der Waals surface area contributed by atoms with E-state index in [2.05, 4.69) is 4.98 Å². The Morgan fingerprint density at radius 3 is 2.00 bits per heavy atom. The van der Waals surface area contributed by atoms with Gasteiger partial charge in [0, 0.05) is 12.1 Å². The van der Waals surface area contributed by atoms with E-state index < -0.39 is 5.97 Å². The summed E-state index contributed by atoms with van der Waals surface area (Å²) < 4.78 is 10.6. The highest BCUT2D eigenvalue weighted by Crippen LogP contribution is 2.18. The fourth-order valence-corrected chi connectivity index (χ4v) is 1.17. The van der Waals surface area contributed by atoms with Gasteiger partial charge in [-0.05, 0) is 12.8 Å². The van der Waals surface area contributed by atoms with Crippen LogP contribution in [0, 0.1) is 0 Å². The molecule has 0 bridgehead atoms. The van der Waals surface area contributed by atoms with E-state index in [0.717, 1.165) is 12.8 Å². The average Bonchev–Trinajstić information content (AvgIpc) is 2.33. The second kappa shape index (κ2) is 6.73. The van der Waals surface area contributed by atoms with Gasteiger partial charge in [-0.15, -0.1) is 0 Å². The third kappa shape index (κ3) is 4.30. The Kier molecular flexibility index (Phi) is 5.26. The summed E-state index contributed by atoms with van der Waals surface area (Å²) >= 11 is 0. The predicted molar refractivity (Wildman–Crippen MR) is 62.8 cm³/mol. The number of hydrogen-bond acceptors (Lipinski definition) is 4. The van der Waals surface area contributed by atoms with Gasteiger partial charge in [0.05, 0.1) is 18.8 Å². The molecule has 94 valence electrons. The average molecular weight is 239 g/mol. The van der Waals surface area contributed by atoms with E-state index in [4.69, 9.17) is 14.6 Å². The first-order valence-electron chi connectivity index (χ1n) is 5.68. The first-order valence-corrected chi connectivity index (χ1v) is 5.68. The molecule has 0 unspecified atom stereocenters. The van der Waals surface area contributed by atoms with Crippen LogP contribution in [0.1, 0.15) is 37.0 Å². The van der Waals surface area contributed by atoms with Gasteiger partial charge in [-0.25, -0.2) is 4.79 Å². The van der Waals surface area contributed by atoms with Gasteiger partial charge in [-0.1, -0.05) is 13.8 Å². The Morgan fingerprint density at radius 2 is 1.65 bits per heavy atom. The first-order chi connectivity index (χ1) is 8.17. The molecule has 0 saturated carbocycles. The highest BCUT2D eigenvalue weighted by atomic mass is 16.5. The molecule has 0 aliphatic carbocycles. The zero-order chi connectivity index (χ0) is 12.7. The number of hydrogen-bond donors (Lipinski definition) is 1. The number of ether oxygens (including phenoxy) is 2. The molecule has 0 saturated heterocycles. The zero-order valence-corrected chi connectivity index (χ0v) is 10.1. The van der Waals surface area contributed by atoms with Crippen LogP contribution in [0.15, 0.2) is 12.1 Å². The predicted octanol–water partition coefficient (Wildman–Crippen LogP) is 2.36. The fourth-order valence-electron chi connectivity index (χ4n) is 1.17. The number of carbonyl (C=O) groups is 1. The Labute approximate surface area is 100 Å². The maximum absolute atomic E-state index is 10.9. The van der Waals surface area contributed by atoms with Crippen molar-refractivity contribution in [1.29, 1.82) is 0 Å². The van der Waals surface area contributed by atoms with E-state index in [-0.39, 0.29) is 17.3 Å². The van der Waals surface area contributed by atoms with Crippen LogP contribution >= 0.6 is 0 Å². The summed E-state index contributed by atoms with van der Waals surface area (Å²) in [5.41, 5.74) is 0.122. The molecule has 1 aromatic heterocycles. The van der Waals surface area contributed by atoms with E-state index >= 15 is 0 Å². The smallest absolute Gasteiger partial charge is 0.336 e. The summed E-state index contributed by atoms with van der Waals surface area (Å²) in [5, 5.41) is 8.95. The lowest BCUT2D eigenvalue weighted by Crippen LogP contribution is -2.05. The summed E-state index contributed by atoms with van der Waals surface area (Å²) in [7, 11) is 0. The van der Waals surface area contributed by atoms with Crippen molar-refractivity contribution < 1.29 is 19.4 Å². The molecule has 17 heavy (non-hydrogen) atoms. The Hall–Kier alpha value is -1.78. The molecule has 0 atom stereocenters. The first kappa shape index (κ1) is 13.3. The quantitative estimate of drug-likeness (QED) is 0.791. The SMILES string of the molecule is CCCOc1cc(C(=O)O)cc(OCCC)n1. The number of carboxylic acid groups (broad SMARTS) is 1. The van der Waals surface area contributed by atoms with Gasteiger partial charge < -0.3 is 14.6 Å². The van der Waals surface area contributed by atoms with E-state index in [9.17, 15) is 4.79 Å².